The molecule has 0 fully saturated rings. The molecule has 8 heteroatoms. The van der Waals surface area contributed by atoms with E-state index >= 15 is 0 Å². The molecule has 3 rings (SSSR count). The summed E-state index contributed by atoms with van der Waals surface area (Å²) in [5.41, 5.74) is 0.597. The maximum absolute atomic E-state index is 11.7. The number of hydrogen-bond donors (Lipinski definition) is 3. The Hall–Kier alpha value is -3.29. The van der Waals surface area contributed by atoms with Gasteiger partial charge in [-0.2, -0.15) is 0 Å². The summed E-state index contributed by atoms with van der Waals surface area (Å²) in [6, 6.07) is 9.48. The number of aromatic hydroxyl groups is 1. The second-order valence-corrected chi connectivity index (χ2v) is 4.33. The second-order valence-electron chi connectivity index (χ2n) is 4.33. The minimum atomic E-state index is -0.530. The average Bonchev–Trinajstić information content (AvgIpc) is 3.17. The number of phenolic OH excluding ortho intramolecular Hbond substituents is 1. The fraction of sp³-hybridized carbons (Fsp3) is 0.0714. The van der Waals surface area contributed by atoms with Gasteiger partial charge in [0.15, 0.2) is 5.76 Å². The lowest BCUT2D eigenvalue weighted by molar-refractivity contribution is 0.251. The maximum atomic E-state index is 11.7. The SMILES string of the molecule is O=C(NCc1ccccc1O)Nc1nnc(-c2ccco2)o1. The number of aromatic nitrogens is 2. The van der Waals surface area contributed by atoms with Gasteiger partial charge >= 0.3 is 12.0 Å². The lowest BCUT2D eigenvalue weighted by Crippen LogP contribution is -2.28. The number of amides is 2. The van der Waals surface area contributed by atoms with E-state index in [1.165, 1.54) is 6.26 Å². The van der Waals surface area contributed by atoms with E-state index in [2.05, 4.69) is 20.8 Å². The molecule has 2 amide bonds. The van der Waals surface area contributed by atoms with Crippen LogP contribution in [-0.4, -0.2) is 21.3 Å². The zero-order valence-electron chi connectivity index (χ0n) is 11.3. The molecule has 0 saturated heterocycles. The van der Waals surface area contributed by atoms with Gasteiger partial charge in [0, 0.05) is 12.1 Å². The number of hydrogen-bond acceptors (Lipinski definition) is 6. The summed E-state index contributed by atoms with van der Waals surface area (Å²) in [5.74, 6) is 0.692. The Morgan fingerprint density at radius 1 is 1.18 bits per heavy atom. The number of furan rings is 1. The Labute approximate surface area is 124 Å². The van der Waals surface area contributed by atoms with Crippen LogP contribution in [0.2, 0.25) is 0 Å². The number of carbonyl (C=O) groups is 1. The number of benzene rings is 1. The highest BCUT2D eigenvalue weighted by Crippen LogP contribution is 2.19. The van der Waals surface area contributed by atoms with Crippen molar-refractivity contribution < 1.29 is 18.7 Å². The Kier molecular flexibility index (Phi) is 3.73. The second kappa shape index (κ2) is 6.00. The van der Waals surface area contributed by atoms with Gasteiger partial charge in [-0.25, -0.2) is 4.79 Å². The van der Waals surface area contributed by atoms with E-state index < -0.39 is 6.03 Å². The number of phenols is 1. The van der Waals surface area contributed by atoms with E-state index in [0.717, 1.165) is 0 Å². The third-order valence-corrected chi connectivity index (χ3v) is 2.81. The predicted molar refractivity (Wildman–Crippen MR) is 76.0 cm³/mol. The highest BCUT2D eigenvalue weighted by molar-refractivity contribution is 5.86. The van der Waals surface area contributed by atoms with Crippen LogP contribution in [0.5, 0.6) is 5.75 Å². The predicted octanol–water partition coefficient (Wildman–Crippen LogP) is 2.36. The van der Waals surface area contributed by atoms with Crippen molar-refractivity contribution in [2.24, 2.45) is 0 Å². The fourth-order valence-corrected chi connectivity index (χ4v) is 1.75. The van der Waals surface area contributed by atoms with Crippen LogP contribution in [0, 0.1) is 0 Å². The lowest BCUT2D eigenvalue weighted by Gasteiger charge is -2.06. The number of urea groups is 1. The molecular weight excluding hydrogens is 288 g/mol. The Bertz CT molecular complexity index is 767. The molecule has 2 heterocycles. The van der Waals surface area contributed by atoms with Gasteiger partial charge in [0.05, 0.1) is 6.26 Å². The summed E-state index contributed by atoms with van der Waals surface area (Å²) in [6.45, 7) is 0.164. The van der Waals surface area contributed by atoms with Crippen LogP contribution in [-0.2, 0) is 6.54 Å². The smallest absolute Gasteiger partial charge is 0.324 e. The molecule has 0 unspecified atom stereocenters. The van der Waals surface area contributed by atoms with E-state index in [-0.39, 0.29) is 24.2 Å². The molecule has 0 aliphatic heterocycles. The molecule has 3 aromatic rings. The zero-order chi connectivity index (χ0) is 15.4. The van der Waals surface area contributed by atoms with Crippen LogP contribution in [0.15, 0.2) is 51.5 Å². The van der Waals surface area contributed by atoms with Crippen LogP contribution < -0.4 is 10.6 Å². The highest BCUT2D eigenvalue weighted by atomic mass is 16.4. The van der Waals surface area contributed by atoms with Crippen LogP contribution >= 0.6 is 0 Å². The standard InChI is InChI=1S/C14H12N4O4/c19-10-5-2-1-4-9(10)8-15-13(20)16-14-18-17-12(22-14)11-6-3-7-21-11/h1-7,19H,8H2,(H2,15,16,18,20). The van der Waals surface area contributed by atoms with Gasteiger partial charge in [-0.3, -0.25) is 5.32 Å². The molecule has 0 atom stereocenters. The van der Waals surface area contributed by atoms with Crippen molar-refractivity contribution in [1.82, 2.24) is 15.5 Å². The number of para-hydroxylation sites is 1. The van der Waals surface area contributed by atoms with Crippen LogP contribution in [0.4, 0.5) is 10.8 Å². The van der Waals surface area contributed by atoms with E-state index in [1.807, 2.05) is 0 Å². The average molecular weight is 300 g/mol. The third-order valence-electron chi connectivity index (χ3n) is 2.81. The summed E-state index contributed by atoms with van der Waals surface area (Å²) >= 11 is 0. The fourth-order valence-electron chi connectivity index (χ4n) is 1.75. The van der Waals surface area contributed by atoms with Gasteiger partial charge < -0.3 is 19.3 Å². The molecule has 0 spiro atoms. The van der Waals surface area contributed by atoms with Gasteiger partial charge in [0.2, 0.25) is 0 Å². The first-order chi connectivity index (χ1) is 10.7. The maximum Gasteiger partial charge on any atom is 0.324 e. The quantitative estimate of drug-likeness (QED) is 0.681. The van der Waals surface area contributed by atoms with E-state index in [9.17, 15) is 9.90 Å². The van der Waals surface area contributed by atoms with Gasteiger partial charge in [0.25, 0.3) is 5.89 Å². The molecule has 8 nitrogen and oxygen atoms in total. The van der Waals surface area contributed by atoms with Crippen molar-refractivity contribution in [3.63, 3.8) is 0 Å². The minimum absolute atomic E-state index is 0.0545. The Morgan fingerprint density at radius 2 is 2.05 bits per heavy atom. The van der Waals surface area contributed by atoms with Crippen LogP contribution in [0.25, 0.3) is 11.7 Å². The molecule has 112 valence electrons. The largest absolute Gasteiger partial charge is 0.508 e. The molecule has 0 radical (unpaired) electrons. The molecule has 0 aliphatic rings. The van der Waals surface area contributed by atoms with E-state index in [4.69, 9.17) is 8.83 Å². The van der Waals surface area contributed by atoms with Crippen LogP contribution in [0.1, 0.15) is 5.56 Å². The molecule has 1 aromatic carbocycles. The highest BCUT2D eigenvalue weighted by Gasteiger charge is 2.13. The van der Waals surface area contributed by atoms with Crippen LogP contribution in [0.3, 0.4) is 0 Å². The number of anilines is 1. The Morgan fingerprint density at radius 3 is 2.82 bits per heavy atom. The normalized spacial score (nSPS) is 10.4. The molecule has 22 heavy (non-hydrogen) atoms. The lowest BCUT2D eigenvalue weighted by atomic mass is 10.2. The van der Waals surface area contributed by atoms with E-state index in [0.29, 0.717) is 11.3 Å². The van der Waals surface area contributed by atoms with Crippen molar-refractivity contribution >= 4 is 12.0 Å². The number of nitrogens with one attached hydrogen (secondary N) is 2. The van der Waals surface area contributed by atoms with E-state index in [1.54, 1.807) is 36.4 Å². The number of rotatable bonds is 4. The molecule has 3 N–H and O–H groups in total. The first kappa shape index (κ1) is 13.7. The topological polar surface area (TPSA) is 113 Å². The minimum Gasteiger partial charge on any atom is -0.508 e. The van der Waals surface area contributed by atoms with Crippen molar-refractivity contribution in [3.05, 3.63) is 48.2 Å². The molecule has 2 aromatic heterocycles. The summed E-state index contributed by atoms with van der Waals surface area (Å²) in [4.78, 5) is 11.7. The summed E-state index contributed by atoms with van der Waals surface area (Å²) < 4.78 is 10.3. The summed E-state index contributed by atoms with van der Waals surface area (Å²) in [7, 11) is 0. The summed E-state index contributed by atoms with van der Waals surface area (Å²) in [5, 5.41) is 22.0. The summed E-state index contributed by atoms with van der Waals surface area (Å²) in [6.07, 6.45) is 1.48. The molecular formula is C14H12N4O4. The Balaban J connectivity index is 1.57. The van der Waals surface area contributed by atoms with Crippen molar-refractivity contribution in [3.8, 4) is 17.4 Å². The zero-order valence-corrected chi connectivity index (χ0v) is 11.3. The van der Waals surface area contributed by atoms with Gasteiger partial charge in [0.1, 0.15) is 5.75 Å². The first-order valence-electron chi connectivity index (χ1n) is 6.41. The molecule has 0 saturated carbocycles. The van der Waals surface area contributed by atoms with Gasteiger partial charge in [-0.1, -0.05) is 23.3 Å². The molecule has 0 aliphatic carbocycles. The van der Waals surface area contributed by atoms with Gasteiger partial charge in [-0.15, -0.1) is 5.10 Å². The van der Waals surface area contributed by atoms with Crippen molar-refractivity contribution in [2.45, 2.75) is 6.54 Å². The molecule has 0 bridgehead atoms. The third kappa shape index (κ3) is 3.06. The first-order valence-corrected chi connectivity index (χ1v) is 6.41. The monoisotopic (exact) mass is 300 g/mol. The van der Waals surface area contributed by atoms with Gasteiger partial charge in [-0.05, 0) is 18.2 Å². The van der Waals surface area contributed by atoms with Crippen molar-refractivity contribution in [1.29, 1.82) is 0 Å². The number of nitrogens with zero attached hydrogens (tertiary/aromatic N) is 2. The van der Waals surface area contributed by atoms with Crippen molar-refractivity contribution in [2.75, 3.05) is 5.32 Å². The number of carbonyl (C=O) groups excluding carboxylic acids is 1.